The van der Waals surface area contributed by atoms with Crippen molar-refractivity contribution in [1.29, 1.82) is 0 Å². The van der Waals surface area contributed by atoms with Crippen molar-refractivity contribution in [3.05, 3.63) is 29.8 Å². The molecule has 0 aliphatic rings. The van der Waals surface area contributed by atoms with Crippen molar-refractivity contribution in [1.82, 2.24) is 5.32 Å². The van der Waals surface area contributed by atoms with Crippen molar-refractivity contribution < 1.29 is 14.7 Å². The summed E-state index contributed by atoms with van der Waals surface area (Å²) >= 11 is 0. The minimum absolute atomic E-state index is 0.0271. The summed E-state index contributed by atoms with van der Waals surface area (Å²) in [5.74, 6) is 0.459. The molecule has 0 spiro atoms. The largest absolute Gasteiger partial charge is 0.497 e. The monoisotopic (exact) mass is 237 g/mol. The van der Waals surface area contributed by atoms with Crippen molar-refractivity contribution in [3.63, 3.8) is 0 Å². The van der Waals surface area contributed by atoms with Crippen LogP contribution in [0.2, 0.25) is 0 Å². The second-order valence-corrected chi connectivity index (χ2v) is 3.40. The normalized spacial score (nSPS) is 11.0. The van der Waals surface area contributed by atoms with Gasteiger partial charge in [-0.3, -0.25) is 4.79 Å². The number of nitrogens with zero attached hydrogens (tertiary/aromatic N) is 1. The molecule has 0 aliphatic heterocycles. The van der Waals surface area contributed by atoms with Gasteiger partial charge in [-0.05, 0) is 17.7 Å². The van der Waals surface area contributed by atoms with E-state index in [0.717, 1.165) is 5.56 Å². The summed E-state index contributed by atoms with van der Waals surface area (Å²) in [6.07, 6.45) is 0.218. The third-order valence-electron chi connectivity index (χ3n) is 2.09. The van der Waals surface area contributed by atoms with Crippen LogP contribution in [0.4, 0.5) is 0 Å². The number of oxime groups is 1. The first-order valence-corrected chi connectivity index (χ1v) is 5.01. The minimum atomic E-state index is -0.204. The standard InChI is InChI=1S/C11H15N3O3/c1-17-9-4-2-3-8(5-9)6-11(15)13-7-10(12)14-16/h2-5,16H,6-7H2,1H3,(H2,12,14)(H,13,15). The molecule has 0 bridgehead atoms. The van der Waals surface area contributed by atoms with Crippen molar-refractivity contribution in [2.45, 2.75) is 6.42 Å². The third kappa shape index (κ3) is 4.42. The summed E-state index contributed by atoms with van der Waals surface area (Å²) in [5.41, 5.74) is 6.06. The molecule has 17 heavy (non-hydrogen) atoms. The first kappa shape index (κ1) is 12.8. The second-order valence-electron chi connectivity index (χ2n) is 3.40. The fourth-order valence-corrected chi connectivity index (χ4v) is 1.25. The molecule has 1 aromatic carbocycles. The lowest BCUT2D eigenvalue weighted by Crippen LogP contribution is -2.34. The molecule has 6 heteroatoms. The van der Waals surface area contributed by atoms with Crippen LogP contribution in [-0.2, 0) is 11.2 Å². The average molecular weight is 237 g/mol. The summed E-state index contributed by atoms with van der Waals surface area (Å²) in [6.45, 7) is 0.0271. The maximum absolute atomic E-state index is 11.5. The van der Waals surface area contributed by atoms with E-state index in [4.69, 9.17) is 15.7 Å². The van der Waals surface area contributed by atoms with Crippen molar-refractivity contribution in [3.8, 4) is 5.75 Å². The van der Waals surface area contributed by atoms with Gasteiger partial charge >= 0.3 is 0 Å². The summed E-state index contributed by atoms with van der Waals surface area (Å²) in [7, 11) is 1.57. The van der Waals surface area contributed by atoms with E-state index in [1.54, 1.807) is 19.2 Å². The molecule has 0 unspecified atom stereocenters. The van der Waals surface area contributed by atoms with Gasteiger partial charge in [0.15, 0.2) is 5.84 Å². The molecule has 92 valence electrons. The molecule has 0 fully saturated rings. The number of hydrogen-bond acceptors (Lipinski definition) is 4. The van der Waals surface area contributed by atoms with E-state index in [9.17, 15) is 4.79 Å². The molecule has 1 aromatic rings. The van der Waals surface area contributed by atoms with Crippen LogP contribution in [0, 0.1) is 0 Å². The Morgan fingerprint density at radius 2 is 2.35 bits per heavy atom. The summed E-state index contributed by atoms with van der Waals surface area (Å²) < 4.78 is 5.05. The minimum Gasteiger partial charge on any atom is -0.497 e. The van der Waals surface area contributed by atoms with E-state index in [2.05, 4.69) is 10.5 Å². The molecule has 0 heterocycles. The number of carbonyl (C=O) groups excluding carboxylic acids is 1. The number of methoxy groups -OCH3 is 1. The zero-order valence-corrected chi connectivity index (χ0v) is 9.51. The number of ether oxygens (including phenoxy) is 1. The number of amides is 1. The quantitative estimate of drug-likeness (QED) is 0.293. The van der Waals surface area contributed by atoms with Crippen LogP contribution in [0.3, 0.4) is 0 Å². The lowest BCUT2D eigenvalue weighted by Gasteiger charge is -2.05. The summed E-state index contributed by atoms with van der Waals surface area (Å²) in [6, 6.07) is 7.22. The number of nitrogens with one attached hydrogen (secondary N) is 1. The van der Waals surface area contributed by atoms with Crippen LogP contribution in [0.25, 0.3) is 0 Å². The lowest BCUT2D eigenvalue weighted by atomic mass is 10.1. The zero-order chi connectivity index (χ0) is 12.7. The highest BCUT2D eigenvalue weighted by molar-refractivity contribution is 5.87. The van der Waals surface area contributed by atoms with Gasteiger partial charge in [0.05, 0.1) is 20.1 Å². The van der Waals surface area contributed by atoms with Crippen molar-refractivity contribution in [2.75, 3.05) is 13.7 Å². The van der Waals surface area contributed by atoms with E-state index in [0.29, 0.717) is 5.75 Å². The molecular weight excluding hydrogens is 222 g/mol. The SMILES string of the molecule is COc1cccc(CC(=O)NC/C(N)=N/O)c1. The molecule has 1 rings (SSSR count). The predicted molar refractivity (Wildman–Crippen MR) is 63.1 cm³/mol. The van der Waals surface area contributed by atoms with E-state index in [1.807, 2.05) is 12.1 Å². The van der Waals surface area contributed by atoms with Crippen molar-refractivity contribution in [2.24, 2.45) is 10.9 Å². The zero-order valence-electron chi connectivity index (χ0n) is 9.51. The van der Waals surface area contributed by atoms with Gasteiger partial charge in [0.25, 0.3) is 0 Å². The molecule has 0 aromatic heterocycles. The highest BCUT2D eigenvalue weighted by Crippen LogP contribution is 2.12. The van der Waals surface area contributed by atoms with E-state index < -0.39 is 0 Å². The van der Waals surface area contributed by atoms with Crippen LogP contribution >= 0.6 is 0 Å². The van der Waals surface area contributed by atoms with Gasteiger partial charge < -0.3 is 21.0 Å². The molecule has 0 aliphatic carbocycles. The second kappa shape index (κ2) is 6.37. The Balaban J connectivity index is 2.50. The van der Waals surface area contributed by atoms with E-state index in [-0.39, 0.29) is 24.7 Å². The Labute approximate surface area is 99.1 Å². The molecule has 0 radical (unpaired) electrons. The molecule has 0 saturated heterocycles. The van der Waals surface area contributed by atoms with E-state index in [1.165, 1.54) is 0 Å². The summed E-state index contributed by atoms with van der Waals surface area (Å²) in [4.78, 5) is 11.5. The number of nitrogens with two attached hydrogens (primary N) is 1. The number of carbonyl (C=O) groups is 1. The highest BCUT2D eigenvalue weighted by Gasteiger charge is 2.04. The fraction of sp³-hybridized carbons (Fsp3) is 0.273. The van der Waals surface area contributed by atoms with Gasteiger partial charge in [0.1, 0.15) is 5.75 Å². The first-order valence-electron chi connectivity index (χ1n) is 5.01. The van der Waals surface area contributed by atoms with E-state index >= 15 is 0 Å². The third-order valence-corrected chi connectivity index (χ3v) is 2.09. The van der Waals surface area contributed by atoms with Gasteiger partial charge in [0, 0.05) is 0 Å². The Hall–Kier alpha value is -2.24. The smallest absolute Gasteiger partial charge is 0.224 e. The molecule has 0 atom stereocenters. The maximum Gasteiger partial charge on any atom is 0.224 e. The van der Waals surface area contributed by atoms with Crippen molar-refractivity contribution >= 4 is 11.7 Å². The van der Waals surface area contributed by atoms with Gasteiger partial charge in [-0.15, -0.1) is 0 Å². The number of rotatable bonds is 5. The number of amidine groups is 1. The maximum atomic E-state index is 11.5. The molecule has 6 nitrogen and oxygen atoms in total. The molecule has 1 amide bonds. The van der Waals surface area contributed by atoms with Crippen LogP contribution in [-0.4, -0.2) is 30.6 Å². The lowest BCUT2D eigenvalue weighted by molar-refractivity contribution is -0.120. The molecule has 4 N–H and O–H groups in total. The predicted octanol–water partition coefficient (Wildman–Crippen LogP) is 0.100. The van der Waals surface area contributed by atoms with Crippen LogP contribution in [0.5, 0.6) is 5.75 Å². The van der Waals surface area contributed by atoms with Gasteiger partial charge in [-0.25, -0.2) is 0 Å². The summed E-state index contributed by atoms with van der Waals surface area (Å²) in [5, 5.41) is 13.6. The van der Waals surface area contributed by atoms with Gasteiger partial charge in [-0.1, -0.05) is 17.3 Å². The van der Waals surface area contributed by atoms with Crippen LogP contribution in [0.1, 0.15) is 5.56 Å². The topological polar surface area (TPSA) is 96.9 Å². The Bertz CT molecular complexity index is 418. The Morgan fingerprint density at radius 3 is 3.00 bits per heavy atom. The number of hydrogen-bond donors (Lipinski definition) is 3. The highest BCUT2D eigenvalue weighted by atomic mass is 16.5. The average Bonchev–Trinajstić information content (AvgIpc) is 2.36. The van der Waals surface area contributed by atoms with Gasteiger partial charge in [0.2, 0.25) is 5.91 Å². The van der Waals surface area contributed by atoms with Gasteiger partial charge in [-0.2, -0.15) is 0 Å². The Morgan fingerprint density at radius 1 is 1.59 bits per heavy atom. The first-order chi connectivity index (χ1) is 8.15. The number of benzene rings is 1. The van der Waals surface area contributed by atoms with Crippen LogP contribution in [0.15, 0.2) is 29.4 Å². The fourth-order valence-electron chi connectivity index (χ4n) is 1.25. The molecular formula is C11H15N3O3. The Kier molecular flexibility index (Phi) is 4.80. The molecule has 0 saturated carbocycles. The van der Waals surface area contributed by atoms with Crippen LogP contribution < -0.4 is 15.8 Å².